The summed E-state index contributed by atoms with van der Waals surface area (Å²) in [5.74, 6) is -0.174. The van der Waals surface area contributed by atoms with E-state index in [1.165, 1.54) is 16.4 Å². The average Bonchev–Trinajstić information content (AvgIpc) is 2.69. The van der Waals surface area contributed by atoms with Crippen LogP contribution in [0.1, 0.15) is 19.3 Å². The number of nitrogens with zero attached hydrogens (tertiary/aromatic N) is 1. The third-order valence-electron chi connectivity index (χ3n) is 4.36. The Morgan fingerprint density at radius 2 is 1.61 bits per heavy atom. The number of sulfonamides is 1. The SMILES string of the molecule is O=C(COc1c(Cl)cccc1Cl)Nc1ccc(S(=O)(=O)N2CCCCC2)cc1. The molecular formula is C19H20Cl2N2O4S. The van der Waals surface area contributed by atoms with Crippen molar-refractivity contribution in [3.05, 3.63) is 52.5 Å². The van der Waals surface area contributed by atoms with Gasteiger partial charge in [0.1, 0.15) is 0 Å². The summed E-state index contributed by atoms with van der Waals surface area (Å²) in [7, 11) is -3.50. The maximum absolute atomic E-state index is 12.6. The van der Waals surface area contributed by atoms with Gasteiger partial charge in [-0.25, -0.2) is 8.42 Å². The second-order valence-electron chi connectivity index (χ2n) is 6.38. The van der Waals surface area contributed by atoms with Crippen LogP contribution in [0.4, 0.5) is 5.69 Å². The third kappa shape index (κ3) is 4.97. The summed E-state index contributed by atoms with van der Waals surface area (Å²) >= 11 is 12.0. The second kappa shape index (κ2) is 9.13. The van der Waals surface area contributed by atoms with Crippen molar-refractivity contribution in [1.29, 1.82) is 0 Å². The van der Waals surface area contributed by atoms with Crippen molar-refractivity contribution in [2.45, 2.75) is 24.2 Å². The topological polar surface area (TPSA) is 75.7 Å². The smallest absolute Gasteiger partial charge is 0.262 e. The molecule has 0 spiro atoms. The Balaban J connectivity index is 1.60. The molecule has 0 aromatic heterocycles. The first-order valence-electron chi connectivity index (χ1n) is 8.85. The molecule has 1 aliphatic heterocycles. The number of halogens is 2. The molecule has 2 aromatic rings. The molecule has 1 N–H and O–H groups in total. The number of benzene rings is 2. The number of para-hydroxylation sites is 1. The van der Waals surface area contributed by atoms with Crippen molar-refractivity contribution in [2.24, 2.45) is 0 Å². The largest absolute Gasteiger partial charge is 0.481 e. The molecule has 1 fully saturated rings. The quantitative estimate of drug-likeness (QED) is 0.727. The van der Waals surface area contributed by atoms with Crippen LogP contribution in [-0.4, -0.2) is 38.3 Å². The van der Waals surface area contributed by atoms with Crippen LogP contribution >= 0.6 is 23.2 Å². The molecule has 6 nitrogen and oxygen atoms in total. The summed E-state index contributed by atoms with van der Waals surface area (Å²) in [6.45, 7) is 0.808. The molecule has 0 bridgehead atoms. The number of amides is 1. The minimum atomic E-state index is -3.50. The van der Waals surface area contributed by atoms with Crippen molar-refractivity contribution < 1.29 is 17.9 Å². The van der Waals surface area contributed by atoms with E-state index >= 15 is 0 Å². The number of hydrogen-bond donors (Lipinski definition) is 1. The molecule has 1 aliphatic rings. The minimum absolute atomic E-state index is 0.214. The Labute approximate surface area is 174 Å². The van der Waals surface area contributed by atoms with Gasteiger partial charge in [-0.15, -0.1) is 0 Å². The molecule has 0 aliphatic carbocycles. The highest BCUT2D eigenvalue weighted by molar-refractivity contribution is 7.89. The van der Waals surface area contributed by atoms with Crippen molar-refractivity contribution in [2.75, 3.05) is 25.0 Å². The predicted octanol–water partition coefficient (Wildman–Crippen LogP) is 4.19. The van der Waals surface area contributed by atoms with Crippen LogP contribution in [0, 0.1) is 0 Å². The lowest BCUT2D eigenvalue weighted by Gasteiger charge is -2.25. The van der Waals surface area contributed by atoms with Crippen LogP contribution in [0.15, 0.2) is 47.4 Å². The molecule has 0 saturated carbocycles. The number of carbonyl (C=O) groups is 1. The summed E-state index contributed by atoms with van der Waals surface area (Å²) in [5.41, 5.74) is 0.469. The van der Waals surface area contributed by atoms with Gasteiger partial charge in [0.05, 0.1) is 14.9 Å². The molecule has 150 valence electrons. The van der Waals surface area contributed by atoms with Gasteiger partial charge in [0.25, 0.3) is 5.91 Å². The third-order valence-corrected chi connectivity index (χ3v) is 6.87. The molecule has 28 heavy (non-hydrogen) atoms. The first kappa shape index (κ1) is 20.9. The van der Waals surface area contributed by atoms with E-state index in [-0.39, 0.29) is 17.3 Å². The fourth-order valence-corrected chi connectivity index (χ4v) is 4.94. The summed E-state index contributed by atoms with van der Waals surface area (Å²) in [6.07, 6.45) is 2.81. The lowest BCUT2D eigenvalue weighted by molar-refractivity contribution is -0.118. The van der Waals surface area contributed by atoms with Gasteiger partial charge in [-0.05, 0) is 49.2 Å². The molecule has 1 amide bonds. The normalized spacial score (nSPS) is 15.2. The monoisotopic (exact) mass is 442 g/mol. The van der Waals surface area contributed by atoms with Gasteiger partial charge in [0.15, 0.2) is 12.4 Å². The highest BCUT2D eigenvalue weighted by atomic mass is 35.5. The van der Waals surface area contributed by atoms with Crippen LogP contribution in [0.3, 0.4) is 0 Å². The van der Waals surface area contributed by atoms with Gasteiger partial charge in [0, 0.05) is 18.8 Å². The fraction of sp³-hybridized carbons (Fsp3) is 0.316. The zero-order chi connectivity index (χ0) is 20.1. The van der Waals surface area contributed by atoms with Crippen molar-refractivity contribution >= 4 is 44.8 Å². The summed E-state index contributed by atoms with van der Waals surface area (Å²) < 4.78 is 32.2. The number of carbonyl (C=O) groups excluding carboxylic acids is 1. The Morgan fingerprint density at radius 1 is 1.00 bits per heavy atom. The maximum atomic E-state index is 12.6. The Kier molecular flexibility index (Phi) is 6.82. The van der Waals surface area contributed by atoms with E-state index in [0.717, 1.165) is 19.3 Å². The van der Waals surface area contributed by atoms with Crippen LogP contribution in [-0.2, 0) is 14.8 Å². The Bertz CT molecular complexity index is 923. The van der Waals surface area contributed by atoms with Crippen molar-refractivity contribution in [3.63, 3.8) is 0 Å². The Morgan fingerprint density at radius 3 is 2.21 bits per heavy atom. The first-order valence-corrected chi connectivity index (χ1v) is 11.0. The number of hydrogen-bond acceptors (Lipinski definition) is 4. The van der Waals surface area contributed by atoms with Gasteiger partial charge in [-0.2, -0.15) is 4.31 Å². The highest BCUT2D eigenvalue weighted by Crippen LogP contribution is 2.32. The molecule has 0 unspecified atom stereocenters. The summed E-state index contributed by atoms with van der Waals surface area (Å²) in [4.78, 5) is 12.3. The van der Waals surface area contributed by atoms with Crippen LogP contribution < -0.4 is 10.1 Å². The molecule has 3 rings (SSSR count). The second-order valence-corrected chi connectivity index (χ2v) is 9.13. The predicted molar refractivity (Wildman–Crippen MR) is 110 cm³/mol. The van der Waals surface area contributed by atoms with Crippen LogP contribution in [0.5, 0.6) is 5.75 Å². The number of anilines is 1. The lowest BCUT2D eigenvalue weighted by Crippen LogP contribution is -2.35. The van der Waals surface area contributed by atoms with E-state index in [1.807, 2.05) is 0 Å². The van der Waals surface area contributed by atoms with Gasteiger partial charge in [-0.1, -0.05) is 35.7 Å². The zero-order valence-corrected chi connectivity index (χ0v) is 17.4. The molecular weight excluding hydrogens is 423 g/mol. The van der Waals surface area contributed by atoms with Gasteiger partial charge in [-0.3, -0.25) is 4.79 Å². The van der Waals surface area contributed by atoms with E-state index < -0.39 is 15.9 Å². The van der Waals surface area contributed by atoms with Gasteiger partial charge < -0.3 is 10.1 Å². The molecule has 2 aromatic carbocycles. The molecule has 0 radical (unpaired) electrons. The molecule has 1 saturated heterocycles. The van der Waals surface area contributed by atoms with E-state index in [0.29, 0.717) is 28.8 Å². The number of piperidine rings is 1. The Hall–Kier alpha value is -1.80. The van der Waals surface area contributed by atoms with Gasteiger partial charge >= 0.3 is 0 Å². The maximum Gasteiger partial charge on any atom is 0.262 e. The molecule has 0 atom stereocenters. The minimum Gasteiger partial charge on any atom is -0.481 e. The van der Waals surface area contributed by atoms with E-state index in [9.17, 15) is 13.2 Å². The number of rotatable bonds is 6. The fourth-order valence-electron chi connectivity index (χ4n) is 2.92. The molecule has 9 heteroatoms. The number of nitrogens with one attached hydrogen (secondary N) is 1. The van der Waals surface area contributed by atoms with E-state index in [1.54, 1.807) is 30.3 Å². The van der Waals surface area contributed by atoms with Crippen LogP contribution in [0.2, 0.25) is 10.0 Å². The zero-order valence-electron chi connectivity index (χ0n) is 15.0. The van der Waals surface area contributed by atoms with Gasteiger partial charge in [0.2, 0.25) is 10.0 Å². The van der Waals surface area contributed by atoms with Crippen molar-refractivity contribution in [1.82, 2.24) is 4.31 Å². The highest BCUT2D eigenvalue weighted by Gasteiger charge is 2.25. The first-order chi connectivity index (χ1) is 13.4. The summed E-state index contributed by atoms with van der Waals surface area (Å²) in [5, 5.41) is 3.28. The summed E-state index contributed by atoms with van der Waals surface area (Å²) in [6, 6.07) is 11.0. The van der Waals surface area contributed by atoms with Crippen molar-refractivity contribution in [3.8, 4) is 5.75 Å². The standard InChI is InChI=1S/C19H20Cl2N2O4S/c20-16-5-4-6-17(21)19(16)27-13-18(24)22-14-7-9-15(10-8-14)28(25,26)23-11-2-1-3-12-23/h4-10H,1-3,11-13H2,(H,22,24). The lowest BCUT2D eigenvalue weighted by atomic mass is 10.2. The van der Waals surface area contributed by atoms with E-state index in [4.69, 9.17) is 27.9 Å². The van der Waals surface area contributed by atoms with E-state index in [2.05, 4.69) is 5.32 Å². The number of ether oxygens (including phenoxy) is 1. The molecule has 1 heterocycles. The average molecular weight is 443 g/mol. The van der Waals surface area contributed by atoms with Crippen LogP contribution in [0.25, 0.3) is 0 Å².